The second-order valence-electron chi connectivity index (χ2n) is 15.7. The number of unbranched alkanes of at least 4 members (excludes halogenated alkanes) is 30. The number of carbonyl (C=O) groups is 2. The second-order valence-corrected chi connectivity index (χ2v) is 15.7. The average molecular weight is 735 g/mol. The van der Waals surface area contributed by atoms with E-state index >= 15 is 0 Å². The number of hydrogen-bond donors (Lipinski definition) is 0. The molecule has 0 aromatic heterocycles. The summed E-state index contributed by atoms with van der Waals surface area (Å²) < 4.78 is 17.2. The molecule has 0 radical (unpaired) electrons. The van der Waals surface area contributed by atoms with Crippen LogP contribution in [-0.2, 0) is 23.8 Å². The van der Waals surface area contributed by atoms with Gasteiger partial charge in [-0.1, -0.05) is 206 Å². The molecule has 0 saturated carbocycles. The third kappa shape index (κ3) is 41.4. The highest BCUT2D eigenvalue weighted by Gasteiger charge is 2.17. The SMILES string of the molecule is CCCCCCCC/C=C\CCCCCCCCCCCCOCC(COC(=O)CCCCCCCCCCC)OC(=O)CCCCCCCCC. The minimum absolute atomic E-state index is 0.0922. The molecule has 0 saturated heterocycles. The Morgan fingerprint density at radius 3 is 1.17 bits per heavy atom. The van der Waals surface area contributed by atoms with Crippen molar-refractivity contribution >= 4 is 11.9 Å². The van der Waals surface area contributed by atoms with E-state index < -0.39 is 6.10 Å². The highest BCUT2D eigenvalue weighted by Crippen LogP contribution is 2.14. The molecule has 1 unspecified atom stereocenters. The molecule has 0 aliphatic carbocycles. The monoisotopic (exact) mass is 735 g/mol. The first-order valence-electron chi connectivity index (χ1n) is 23.2. The van der Waals surface area contributed by atoms with E-state index in [-0.39, 0.29) is 18.5 Å². The summed E-state index contributed by atoms with van der Waals surface area (Å²) in [6.45, 7) is 7.80. The first-order chi connectivity index (χ1) is 25.6. The normalized spacial score (nSPS) is 12.1. The molecule has 1 atom stereocenters. The van der Waals surface area contributed by atoms with Crippen molar-refractivity contribution in [3.8, 4) is 0 Å². The van der Waals surface area contributed by atoms with E-state index in [1.54, 1.807) is 0 Å². The van der Waals surface area contributed by atoms with Crippen LogP contribution in [0.5, 0.6) is 0 Å². The van der Waals surface area contributed by atoms with Gasteiger partial charge < -0.3 is 14.2 Å². The number of esters is 2. The van der Waals surface area contributed by atoms with Crippen LogP contribution in [0.2, 0.25) is 0 Å². The van der Waals surface area contributed by atoms with E-state index in [2.05, 4.69) is 32.9 Å². The minimum atomic E-state index is -0.523. The van der Waals surface area contributed by atoms with Crippen molar-refractivity contribution in [2.45, 2.75) is 258 Å². The van der Waals surface area contributed by atoms with E-state index in [9.17, 15) is 9.59 Å². The molecule has 0 amide bonds. The quantitative estimate of drug-likeness (QED) is 0.0355. The molecule has 52 heavy (non-hydrogen) atoms. The highest BCUT2D eigenvalue weighted by molar-refractivity contribution is 5.70. The smallest absolute Gasteiger partial charge is 0.306 e. The Labute approximate surface area is 325 Å². The molecular weight excluding hydrogens is 645 g/mol. The largest absolute Gasteiger partial charge is 0.462 e. The van der Waals surface area contributed by atoms with Gasteiger partial charge in [-0.25, -0.2) is 0 Å². The van der Waals surface area contributed by atoms with Crippen molar-refractivity contribution in [1.82, 2.24) is 0 Å². The summed E-state index contributed by atoms with van der Waals surface area (Å²) >= 11 is 0. The van der Waals surface area contributed by atoms with Gasteiger partial charge in [-0.15, -0.1) is 0 Å². The van der Waals surface area contributed by atoms with Crippen LogP contribution in [0, 0.1) is 0 Å². The van der Waals surface area contributed by atoms with Gasteiger partial charge >= 0.3 is 11.9 Å². The number of carbonyl (C=O) groups excluding carboxylic acids is 2. The number of allylic oxidation sites excluding steroid dienone is 2. The van der Waals surface area contributed by atoms with Crippen LogP contribution in [0.1, 0.15) is 252 Å². The second kappa shape index (κ2) is 44.0. The van der Waals surface area contributed by atoms with E-state index in [1.807, 2.05) is 0 Å². The van der Waals surface area contributed by atoms with Gasteiger partial charge in [0.05, 0.1) is 6.61 Å². The van der Waals surface area contributed by atoms with Gasteiger partial charge in [-0.3, -0.25) is 9.59 Å². The summed E-state index contributed by atoms with van der Waals surface area (Å²) in [4.78, 5) is 25.0. The van der Waals surface area contributed by atoms with Crippen LogP contribution in [0.25, 0.3) is 0 Å². The fourth-order valence-corrected chi connectivity index (χ4v) is 6.80. The predicted molar refractivity (Wildman–Crippen MR) is 224 cm³/mol. The van der Waals surface area contributed by atoms with Crippen molar-refractivity contribution in [1.29, 1.82) is 0 Å². The van der Waals surface area contributed by atoms with Crippen LogP contribution >= 0.6 is 0 Å². The Kier molecular flexibility index (Phi) is 42.9. The molecule has 0 heterocycles. The summed E-state index contributed by atoms with van der Waals surface area (Å²) in [6.07, 6.45) is 48.0. The first-order valence-corrected chi connectivity index (χ1v) is 23.2. The molecule has 0 N–H and O–H groups in total. The Morgan fingerprint density at radius 2 is 0.750 bits per heavy atom. The summed E-state index contributed by atoms with van der Waals surface area (Å²) in [5, 5.41) is 0. The maximum absolute atomic E-state index is 12.6. The van der Waals surface area contributed by atoms with Gasteiger partial charge in [0.2, 0.25) is 0 Å². The predicted octanol–water partition coefficient (Wildman–Crippen LogP) is 15.1. The fourth-order valence-electron chi connectivity index (χ4n) is 6.80. The minimum Gasteiger partial charge on any atom is -0.462 e. The molecule has 0 aromatic carbocycles. The summed E-state index contributed by atoms with van der Waals surface area (Å²) in [6, 6.07) is 0. The van der Waals surface area contributed by atoms with E-state index in [4.69, 9.17) is 14.2 Å². The van der Waals surface area contributed by atoms with Crippen LogP contribution in [0.4, 0.5) is 0 Å². The third-order valence-electron chi connectivity index (χ3n) is 10.3. The summed E-state index contributed by atoms with van der Waals surface area (Å²) in [5.74, 6) is -0.393. The lowest BCUT2D eigenvalue weighted by Gasteiger charge is -2.18. The zero-order chi connectivity index (χ0) is 37.8. The first kappa shape index (κ1) is 50.6. The summed E-state index contributed by atoms with van der Waals surface area (Å²) in [7, 11) is 0. The van der Waals surface area contributed by atoms with Crippen molar-refractivity contribution in [2.75, 3.05) is 19.8 Å². The Balaban J connectivity index is 4.02. The lowest BCUT2D eigenvalue weighted by Crippen LogP contribution is -2.30. The number of hydrogen-bond acceptors (Lipinski definition) is 5. The molecule has 0 aromatic rings. The molecule has 0 spiro atoms. The maximum atomic E-state index is 12.6. The standard InChI is InChI=1S/C47H90O5/c1-4-7-10-13-16-18-19-20-21-22-23-24-25-26-27-28-30-33-36-39-42-50-43-45(52-47(49)41-38-35-31-15-12-9-6-3)44-51-46(48)40-37-34-32-29-17-14-11-8-5-2/h20-21,45H,4-19,22-44H2,1-3H3/b21-20-. The topological polar surface area (TPSA) is 61.8 Å². The van der Waals surface area contributed by atoms with E-state index in [1.165, 1.54) is 186 Å². The van der Waals surface area contributed by atoms with Gasteiger partial charge in [0.15, 0.2) is 6.10 Å². The van der Waals surface area contributed by atoms with Crippen molar-refractivity contribution in [2.24, 2.45) is 0 Å². The molecule has 5 heteroatoms. The molecule has 0 rings (SSSR count). The van der Waals surface area contributed by atoms with E-state index in [0.29, 0.717) is 26.1 Å². The zero-order valence-corrected chi connectivity index (χ0v) is 35.4. The van der Waals surface area contributed by atoms with Gasteiger partial charge in [0, 0.05) is 19.4 Å². The van der Waals surface area contributed by atoms with Crippen molar-refractivity contribution in [3.63, 3.8) is 0 Å². The fraction of sp³-hybridized carbons (Fsp3) is 0.915. The number of rotatable bonds is 43. The van der Waals surface area contributed by atoms with Crippen LogP contribution in [0.15, 0.2) is 12.2 Å². The lowest BCUT2D eigenvalue weighted by molar-refractivity contribution is -0.163. The summed E-state index contributed by atoms with van der Waals surface area (Å²) in [5.41, 5.74) is 0. The van der Waals surface area contributed by atoms with Crippen molar-refractivity contribution < 1.29 is 23.8 Å². The third-order valence-corrected chi connectivity index (χ3v) is 10.3. The van der Waals surface area contributed by atoms with Gasteiger partial charge in [0.1, 0.15) is 6.61 Å². The lowest BCUT2D eigenvalue weighted by atomic mass is 10.1. The Hall–Kier alpha value is -1.36. The Morgan fingerprint density at radius 1 is 0.404 bits per heavy atom. The molecule has 308 valence electrons. The molecule has 0 bridgehead atoms. The van der Waals surface area contributed by atoms with Crippen LogP contribution in [0.3, 0.4) is 0 Å². The molecular formula is C47H90O5. The van der Waals surface area contributed by atoms with Crippen LogP contribution in [-0.4, -0.2) is 37.9 Å². The van der Waals surface area contributed by atoms with Gasteiger partial charge in [-0.05, 0) is 44.9 Å². The molecule has 0 aliphatic heterocycles. The van der Waals surface area contributed by atoms with Crippen molar-refractivity contribution in [3.05, 3.63) is 12.2 Å². The zero-order valence-electron chi connectivity index (χ0n) is 35.4. The Bertz CT molecular complexity index is 750. The molecule has 5 nitrogen and oxygen atoms in total. The highest BCUT2D eigenvalue weighted by atomic mass is 16.6. The number of ether oxygens (including phenoxy) is 3. The van der Waals surface area contributed by atoms with Gasteiger partial charge in [0.25, 0.3) is 0 Å². The van der Waals surface area contributed by atoms with E-state index in [0.717, 1.165) is 32.1 Å². The average Bonchev–Trinajstić information content (AvgIpc) is 3.14. The maximum Gasteiger partial charge on any atom is 0.306 e. The van der Waals surface area contributed by atoms with Gasteiger partial charge in [-0.2, -0.15) is 0 Å². The molecule has 0 fully saturated rings. The molecule has 0 aliphatic rings. The van der Waals surface area contributed by atoms with Crippen LogP contribution < -0.4 is 0 Å².